The van der Waals surface area contributed by atoms with Crippen LogP contribution in [-0.4, -0.2) is 12.4 Å². The minimum absolute atomic E-state index is 0.0297. The molecule has 0 radical (unpaired) electrons. The molecule has 0 fully saturated rings. The molecule has 110 valence electrons. The molecule has 21 heavy (non-hydrogen) atoms. The number of halogens is 5. The summed E-state index contributed by atoms with van der Waals surface area (Å²) < 4.78 is 45.1. The normalized spacial score (nSPS) is 10.5. The van der Waals surface area contributed by atoms with Gasteiger partial charge < -0.3 is 4.74 Å². The number of carbonyl (C=O) groups is 1. The van der Waals surface area contributed by atoms with Gasteiger partial charge in [-0.2, -0.15) is 0 Å². The smallest absolute Gasteiger partial charge is 0.203 e. The van der Waals surface area contributed by atoms with Crippen LogP contribution in [0.15, 0.2) is 34.8 Å². The van der Waals surface area contributed by atoms with E-state index in [4.69, 9.17) is 16.3 Å². The van der Waals surface area contributed by atoms with E-state index in [2.05, 4.69) is 15.9 Å². The van der Waals surface area contributed by atoms with Crippen LogP contribution >= 0.6 is 27.5 Å². The quantitative estimate of drug-likeness (QED) is 0.564. The molecule has 0 atom stereocenters. The first-order chi connectivity index (χ1) is 9.88. The van der Waals surface area contributed by atoms with Crippen molar-refractivity contribution >= 4 is 33.3 Å². The van der Waals surface area contributed by atoms with Crippen LogP contribution in [0.1, 0.15) is 10.4 Å². The summed E-state index contributed by atoms with van der Waals surface area (Å²) in [6.07, 6.45) is 0. The number of hydrogen-bond donors (Lipinski definition) is 0. The number of hydrogen-bond acceptors (Lipinski definition) is 2. The Morgan fingerprint density at radius 1 is 1.14 bits per heavy atom. The third-order valence-electron chi connectivity index (χ3n) is 2.56. The molecule has 0 amide bonds. The molecule has 0 aliphatic rings. The van der Waals surface area contributed by atoms with E-state index in [0.717, 1.165) is 24.3 Å². The molecule has 0 aliphatic heterocycles. The molecule has 0 saturated carbocycles. The van der Waals surface area contributed by atoms with E-state index in [1.54, 1.807) is 0 Å². The highest BCUT2D eigenvalue weighted by Gasteiger charge is 2.15. The van der Waals surface area contributed by atoms with Crippen molar-refractivity contribution < 1.29 is 22.7 Å². The third-order valence-corrected chi connectivity index (χ3v) is 3.47. The van der Waals surface area contributed by atoms with Crippen molar-refractivity contribution in [3.05, 3.63) is 62.8 Å². The SMILES string of the molecule is O=C(COc1cc(F)c(Cl)cc1Br)c1cc(F)ccc1F. The maximum atomic E-state index is 13.4. The summed E-state index contributed by atoms with van der Waals surface area (Å²) in [6.45, 7) is -0.569. The second-order valence-corrected chi connectivity index (χ2v) is 5.29. The Bertz CT molecular complexity index is 707. The van der Waals surface area contributed by atoms with Gasteiger partial charge in [-0.05, 0) is 40.2 Å². The highest BCUT2D eigenvalue weighted by atomic mass is 79.9. The highest BCUT2D eigenvalue weighted by Crippen LogP contribution is 2.30. The second kappa shape index (κ2) is 6.49. The summed E-state index contributed by atoms with van der Waals surface area (Å²) in [7, 11) is 0. The standard InChI is InChI=1S/C14H7BrClF3O2/c15-9-4-10(16)12(19)5-14(9)21-6-13(20)8-3-7(17)1-2-11(8)18/h1-5H,6H2. The van der Waals surface area contributed by atoms with E-state index >= 15 is 0 Å². The third kappa shape index (κ3) is 3.77. The van der Waals surface area contributed by atoms with Gasteiger partial charge in [-0.1, -0.05) is 11.6 Å². The summed E-state index contributed by atoms with van der Waals surface area (Å²) in [6, 6.07) is 4.78. The van der Waals surface area contributed by atoms with Crippen LogP contribution in [0.25, 0.3) is 0 Å². The van der Waals surface area contributed by atoms with Gasteiger partial charge in [0.1, 0.15) is 23.2 Å². The topological polar surface area (TPSA) is 26.3 Å². The lowest BCUT2D eigenvalue weighted by atomic mass is 10.1. The Balaban J connectivity index is 2.15. The van der Waals surface area contributed by atoms with E-state index in [9.17, 15) is 18.0 Å². The molecule has 0 aliphatic carbocycles. The molecule has 2 rings (SSSR count). The monoisotopic (exact) mass is 378 g/mol. The van der Waals surface area contributed by atoms with Crippen LogP contribution in [0.5, 0.6) is 5.75 Å². The largest absolute Gasteiger partial charge is 0.484 e. The van der Waals surface area contributed by atoms with Gasteiger partial charge in [0, 0.05) is 6.07 Å². The molecule has 0 aromatic heterocycles. The molecular formula is C14H7BrClF3O2. The molecule has 0 unspecified atom stereocenters. The van der Waals surface area contributed by atoms with Crippen molar-refractivity contribution in [1.82, 2.24) is 0 Å². The molecule has 0 N–H and O–H groups in total. The van der Waals surface area contributed by atoms with Crippen LogP contribution < -0.4 is 4.74 Å². The summed E-state index contributed by atoms with van der Waals surface area (Å²) in [4.78, 5) is 11.8. The molecule has 7 heteroatoms. The number of ether oxygens (including phenoxy) is 1. The Morgan fingerprint density at radius 2 is 1.86 bits per heavy atom. The fourth-order valence-electron chi connectivity index (χ4n) is 1.55. The number of rotatable bonds is 4. The van der Waals surface area contributed by atoms with Crippen molar-refractivity contribution in [2.45, 2.75) is 0 Å². The average molecular weight is 380 g/mol. The van der Waals surface area contributed by atoms with Gasteiger partial charge in [-0.15, -0.1) is 0 Å². The maximum absolute atomic E-state index is 13.4. The molecule has 2 aromatic carbocycles. The van der Waals surface area contributed by atoms with Crippen LogP contribution in [-0.2, 0) is 0 Å². The van der Waals surface area contributed by atoms with Gasteiger partial charge in [0.15, 0.2) is 6.61 Å². The number of ketones is 1. The summed E-state index contributed by atoms with van der Waals surface area (Å²) in [5.41, 5.74) is -0.430. The lowest BCUT2D eigenvalue weighted by Crippen LogP contribution is -2.14. The van der Waals surface area contributed by atoms with Crippen LogP contribution in [0.3, 0.4) is 0 Å². The lowest BCUT2D eigenvalue weighted by molar-refractivity contribution is 0.0916. The van der Waals surface area contributed by atoms with Gasteiger partial charge in [0.25, 0.3) is 0 Å². The van der Waals surface area contributed by atoms with Gasteiger partial charge in [-0.25, -0.2) is 13.2 Å². The molecule has 0 saturated heterocycles. The first-order valence-electron chi connectivity index (χ1n) is 5.64. The van der Waals surface area contributed by atoms with Crippen LogP contribution in [0.2, 0.25) is 5.02 Å². The van der Waals surface area contributed by atoms with E-state index < -0.39 is 35.4 Å². The van der Waals surface area contributed by atoms with Crippen molar-refractivity contribution in [2.24, 2.45) is 0 Å². The minimum atomic E-state index is -0.855. The fraction of sp³-hybridized carbons (Fsp3) is 0.0714. The van der Waals surface area contributed by atoms with Crippen molar-refractivity contribution in [3.63, 3.8) is 0 Å². The summed E-state index contributed by atoms with van der Waals surface area (Å²) in [5.74, 6) is -3.06. The van der Waals surface area contributed by atoms with Gasteiger partial charge in [-0.3, -0.25) is 4.79 Å². The predicted octanol–water partition coefficient (Wildman–Crippen LogP) is 4.78. The zero-order valence-corrected chi connectivity index (χ0v) is 12.6. The summed E-state index contributed by atoms with van der Waals surface area (Å²) >= 11 is 8.66. The Hall–Kier alpha value is -1.53. The minimum Gasteiger partial charge on any atom is -0.484 e. The highest BCUT2D eigenvalue weighted by molar-refractivity contribution is 9.10. The number of carbonyl (C=O) groups excluding carboxylic acids is 1. The van der Waals surface area contributed by atoms with Gasteiger partial charge in [0.2, 0.25) is 5.78 Å². The second-order valence-electron chi connectivity index (χ2n) is 4.03. The first-order valence-corrected chi connectivity index (χ1v) is 6.81. The molecule has 0 spiro atoms. The zero-order valence-electron chi connectivity index (χ0n) is 10.3. The van der Waals surface area contributed by atoms with E-state index in [1.165, 1.54) is 6.07 Å². The Kier molecular flexibility index (Phi) is 4.90. The predicted molar refractivity (Wildman–Crippen MR) is 75.3 cm³/mol. The molecule has 2 aromatic rings. The molecule has 0 bridgehead atoms. The van der Waals surface area contributed by atoms with E-state index in [0.29, 0.717) is 4.47 Å². The average Bonchev–Trinajstić information content (AvgIpc) is 2.43. The van der Waals surface area contributed by atoms with Crippen molar-refractivity contribution in [2.75, 3.05) is 6.61 Å². The van der Waals surface area contributed by atoms with Gasteiger partial charge >= 0.3 is 0 Å². The van der Waals surface area contributed by atoms with Crippen molar-refractivity contribution in [3.8, 4) is 5.75 Å². The summed E-state index contributed by atoms with van der Waals surface area (Å²) in [5, 5.41) is -0.114. The molecular weight excluding hydrogens is 373 g/mol. The van der Waals surface area contributed by atoms with Crippen molar-refractivity contribution in [1.29, 1.82) is 0 Å². The fourth-order valence-corrected chi connectivity index (χ4v) is 2.30. The zero-order chi connectivity index (χ0) is 15.6. The van der Waals surface area contributed by atoms with E-state index in [1.807, 2.05) is 0 Å². The first kappa shape index (κ1) is 15.9. The molecule has 2 nitrogen and oxygen atoms in total. The molecule has 0 heterocycles. The Labute approximate surface area is 131 Å². The maximum Gasteiger partial charge on any atom is 0.203 e. The van der Waals surface area contributed by atoms with Crippen LogP contribution in [0, 0.1) is 17.5 Å². The van der Waals surface area contributed by atoms with E-state index in [-0.39, 0.29) is 10.8 Å². The number of Topliss-reactive ketones (excluding diaryl/α,β-unsaturated/α-hetero) is 1. The number of benzene rings is 2. The Morgan fingerprint density at radius 3 is 2.57 bits per heavy atom. The van der Waals surface area contributed by atoms with Gasteiger partial charge in [0.05, 0.1) is 15.1 Å². The lowest BCUT2D eigenvalue weighted by Gasteiger charge is -2.09. The van der Waals surface area contributed by atoms with Crippen LogP contribution in [0.4, 0.5) is 13.2 Å².